The molecule has 2 aromatic carbocycles. The molecule has 1 heterocycles. The average Bonchev–Trinajstić information content (AvgIpc) is 2.91. The number of halogens is 1. The molecule has 2 aromatic rings. The van der Waals surface area contributed by atoms with Gasteiger partial charge in [0.25, 0.3) is 5.91 Å². The number of carbonyl (C=O) groups is 2. The van der Waals surface area contributed by atoms with E-state index in [1.165, 1.54) is 29.2 Å². The molecule has 0 fully saturated rings. The first kappa shape index (κ1) is 16.9. The monoisotopic (exact) mass is 355 g/mol. The van der Waals surface area contributed by atoms with Crippen LogP contribution < -0.4 is 10.6 Å². The molecule has 0 spiro atoms. The molecular weight excluding hydrogens is 341 g/mol. The highest BCUT2D eigenvalue weighted by atomic mass is 32.2. The van der Waals surface area contributed by atoms with Crippen molar-refractivity contribution in [2.45, 2.75) is 0 Å². The normalized spacial score (nSPS) is 15.6. The molecule has 1 aliphatic heterocycles. The van der Waals surface area contributed by atoms with Crippen LogP contribution in [0.2, 0.25) is 0 Å². The number of anilines is 1. The SMILES string of the molecule is NC(=O)CSC1=NC(=Cc2ccccc2)C(=O)N1c1ccc(F)cc1. The van der Waals surface area contributed by atoms with Gasteiger partial charge in [0.05, 0.1) is 11.4 Å². The fourth-order valence-electron chi connectivity index (χ4n) is 2.25. The van der Waals surface area contributed by atoms with Crippen molar-refractivity contribution < 1.29 is 14.0 Å². The van der Waals surface area contributed by atoms with Gasteiger partial charge in [-0.25, -0.2) is 9.38 Å². The molecule has 2 N–H and O–H groups in total. The molecule has 0 aliphatic carbocycles. The predicted octanol–water partition coefficient (Wildman–Crippen LogP) is 2.79. The Hall–Kier alpha value is -2.93. The highest BCUT2D eigenvalue weighted by molar-refractivity contribution is 8.14. The second-order valence-corrected chi connectivity index (χ2v) is 6.15. The van der Waals surface area contributed by atoms with Crippen molar-refractivity contribution in [1.82, 2.24) is 0 Å². The van der Waals surface area contributed by atoms with Gasteiger partial charge in [0.1, 0.15) is 11.5 Å². The third-order valence-corrected chi connectivity index (χ3v) is 4.32. The Morgan fingerprint density at radius 2 is 1.84 bits per heavy atom. The summed E-state index contributed by atoms with van der Waals surface area (Å²) in [5.41, 5.74) is 6.72. The summed E-state index contributed by atoms with van der Waals surface area (Å²) < 4.78 is 13.2. The second-order valence-electron chi connectivity index (χ2n) is 5.21. The van der Waals surface area contributed by atoms with Crippen LogP contribution in [0.15, 0.2) is 65.3 Å². The molecule has 5 nitrogen and oxygen atoms in total. The molecule has 25 heavy (non-hydrogen) atoms. The Morgan fingerprint density at radius 1 is 1.16 bits per heavy atom. The molecule has 1 aliphatic rings. The Bertz CT molecular complexity index is 864. The predicted molar refractivity (Wildman–Crippen MR) is 97.4 cm³/mol. The first-order chi connectivity index (χ1) is 12.0. The molecule has 0 radical (unpaired) electrons. The number of nitrogens with two attached hydrogens (primary N) is 1. The van der Waals surface area contributed by atoms with Crippen molar-refractivity contribution in [3.8, 4) is 0 Å². The van der Waals surface area contributed by atoms with Crippen molar-refractivity contribution in [2.24, 2.45) is 10.7 Å². The molecule has 0 bridgehead atoms. The molecule has 7 heteroatoms. The first-order valence-electron chi connectivity index (χ1n) is 7.41. The van der Waals surface area contributed by atoms with Gasteiger partial charge in [0, 0.05) is 0 Å². The van der Waals surface area contributed by atoms with Gasteiger partial charge in [0.15, 0.2) is 5.17 Å². The number of amides is 2. The summed E-state index contributed by atoms with van der Waals surface area (Å²) in [5.74, 6) is -1.27. The lowest BCUT2D eigenvalue weighted by Crippen LogP contribution is -2.31. The molecule has 0 unspecified atom stereocenters. The number of hydrogen-bond donors (Lipinski definition) is 1. The van der Waals surface area contributed by atoms with Gasteiger partial charge < -0.3 is 5.73 Å². The Balaban J connectivity index is 1.97. The van der Waals surface area contributed by atoms with Crippen molar-refractivity contribution >= 4 is 40.5 Å². The molecule has 0 saturated heterocycles. The smallest absolute Gasteiger partial charge is 0.283 e. The number of rotatable bonds is 4. The minimum atomic E-state index is -0.514. The third kappa shape index (κ3) is 3.95. The van der Waals surface area contributed by atoms with Gasteiger partial charge in [-0.2, -0.15) is 0 Å². The number of amidine groups is 1. The summed E-state index contributed by atoms with van der Waals surface area (Å²) in [4.78, 5) is 29.5. The van der Waals surface area contributed by atoms with Crippen LogP contribution in [0.3, 0.4) is 0 Å². The van der Waals surface area contributed by atoms with Crippen LogP contribution in [0.4, 0.5) is 10.1 Å². The molecule has 0 atom stereocenters. The minimum Gasteiger partial charge on any atom is -0.369 e. The lowest BCUT2D eigenvalue weighted by Gasteiger charge is -2.17. The maximum absolute atomic E-state index is 13.2. The Kier molecular flexibility index (Phi) is 4.95. The van der Waals surface area contributed by atoms with E-state index in [2.05, 4.69) is 4.99 Å². The zero-order valence-corrected chi connectivity index (χ0v) is 13.9. The average molecular weight is 355 g/mol. The third-order valence-electron chi connectivity index (χ3n) is 3.36. The van der Waals surface area contributed by atoms with Gasteiger partial charge in [-0.15, -0.1) is 0 Å². The van der Waals surface area contributed by atoms with E-state index in [9.17, 15) is 14.0 Å². The maximum Gasteiger partial charge on any atom is 0.283 e. The first-order valence-corrected chi connectivity index (χ1v) is 8.40. The van der Waals surface area contributed by atoms with Crippen LogP contribution in [0.25, 0.3) is 6.08 Å². The number of aliphatic imine (C=N–C) groups is 1. The van der Waals surface area contributed by atoms with E-state index in [-0.39, 0.29) is 17.4 Å². The molecule has 0 saturated carbocycles. The summed E-state index contributed by atoms with van der Waals surface area (Å²) >= 11 is 1.06. The standard InChI is InChI=1S/C18H14FN3O2S/c19-13-6-8-14(9-7-13)22-17(24)15(10-12-4-2-1-3-5-12)21-18(22)25-11-16(20)23/h1-10H,11H2,(H2,20,23). The van der Waals surface area contributed by atoms with Crippen molar-refractivity contribution in [2.75, 3.05) is 10.7 Å². The quantitative estimate of drug-likeness (QED) is 0.857. The van der Waals surface area contributed by atoms with Crippen molar-refractivity contribution in [3.63, 3.8) is 0 Å². The minimum absolute atomic E-state index is 0.0115. The number of hydrogen-bond acceptors (Lipinski definition) is 4. The highest BCUT2D eigenvalue weighted by Crippen LogP contribution is 2.29. The lowest BCUT2D eigenvalue weighted by molar-refractivity contribution is -0.115. The van der Waals surface area contributed by atoms with Crippen molar-refractivity contribution in [1.29, 1.82) is 0 Å². The van der Waals surface area contributed by atoms with Crippen LogP contribution in [0.1, 0.15) is 5.56 Å². The number of benzene rings is 2. The molecule has 126 valence electrons. The fraction of sp³-hybridized carbons (Fsp3) is 0.0556. The number of primary amides is 1. The van der Waals surface area contributed by atoms with Gasteiger partial charge in [-0.1, -0.05) is 42.1 Å². The zero-order valence-electron chi connectivity index (χ0n) is 13.1. The lowest BCUT2D eigenvalue weighted by atomic mass is 10.2. The van der Waals surface area contributed by atoms with Gasteiger partial charge in [0.2, 0.25) is 5.91 Å². The van der Waals surface area contributed by atoms with Crippen LogP contribution in [0.5, 0.6) is 0 Å². The van der Waals surface area contributed by atoms with E-state index in [1.807, 2.05) is 30.3 Å². The van der Waals surface area contributed by atoms with Gasteiger partial charge in [-0.05, 0) is 35.9 Å². The molecule has 3 rings (SSSR count). The van der Waals surface area contributed by atoms with Crippen LogP contribution in [0, 0.1) is 5.82 Å². The molecule has 0 aromatic heterocycles. The maximum atomic E-state index is 13.2. The van der Waals surface area contributed by atoms with E-state index >= 15 is 0 Å². The summed E-state index contributed by atoms with van der Waals surface area (Å²) in [6, 6.07) is 14.8. The Labute approximate surface area is 148 Å². The summed E-state index contributed by atoms with van der Waals surface area (Å²) in [6.45, 7) is 0. The van der Waals surface area contributed by atoms with E-state index < -0.39 is 11.7 Å². The van der Waals surface area contributed by atoms with E-state index in [0.717, 1.165) is 17.3 Å². The zero-order chi connectivity index (χ0) is 17.8. The van der Waals surface area contributed by atoms with Crippen LogP contribution in [-0.4, -0.2) is 22.7 Å². The summed E-state index contributed by atoms with van der Waals surface area (Å²) in [7, 11) is 0. The van der Waals surface area contributed by atoms with Crippen LogP contribution in [-0.2, 0) is 9.59 Å². The molecule has 2 amide bonds. The fourth-order valence-corrected chi connectivity index (χ4v) is 3.01. The van der Waals surface area contributed by atoms with E-state index in [4.69, 9.17) is 5.73 Å². The van der Waals surface area contributed by atoms with Gasteiger partial charge >= 0.3 is 0 Å². The highest BCUT2D eigenvalue weighted by Gasteiger charge is 2.32. The van der Waals surface area contributed by atoms with Gasteiger partial charge in [-0.3, -0.25) is 14.5 Å². The summed E-state index contributed by atoms with van der Waals surface area (Å²) in [6.07, 6.45) is 1.66. The topological polar surface area (TPSA) is 75.8 Å². The number of carbonyl (C=O) groups excluding carboxylic acids is 2. The summed E-state index contributed by atoms with van der Waals surface area (Å²) in [5, 5.41) is 0.331. The van der Waals surface area contributed by atoms with Crippen LogP contribution >= 0.6 is 11.8 Å². The number of nitrogens with zero attached hydrogens (tertiary/aromatic N) is 2. The second kappa shape index (κ2) is 7.31. The largest absolute Gasteiger partial charge is 0.369 e. The van der Waals surface area contributed by atoms with E-state index in [0.29, 0.717) is 10.9 Å². The van der Waals surface area contributed by atoms with Crippen molar-refractivity contribution in [3.05, 3.63) is 71.7 Å². The molecular formula is C18H14FN3O2S. The Morgan fingerprint density at radius 3 is 2.48 bits per heavy atom. The number of thioether (sulfide) groups is 1. The van der Waals surface area contributed by atoms with E-state index in [1.54, 1.807) is 6.08 Å².